The van der Waals surface area contributed by atoms with Crippen molar-refractivity contribution in [3.05, 3.63) is 47.2 Å². The van der Waals surface area contributed by atoms with Gasteiger partial charge in [0.05, 0.1) is 29.9 Å². The Morgan fingerprint density at radius 1 is 1.24 bits per heavy atom. The van der Waals surface area contributed by atoms with Crippen molar-refractivity contribution in [1.82, 2.24) is 15.2 Å². The van der Waals surface area contributed by atoms with Crippen LogP contribution in [0.2, 0.25) is 0 Å². The number of carbonyl (C=O) groups excluding carboxylic acids is 1. The average molecular weight is 582 g/mol. The number of carbonyl (C=O) groups is 1. The molecule has 0 radical (unpaired) electrons. The number of nitrogens with two attached hydrogens (primary N) is 1. The Hall–Kier alpha value is -3.12. The van der Waals surface area contributed by atoms with Gasteiger partial charge in [0.15, 0.2) is 0 Å². The molecule has 0 bridgehead atoms. The lowest BCUT2D eigenvalue weighted by atomic mass is 9.88. The molecule has 2 atom stereocenters. The number of aromatic nitrogens is 1. The summed E-state index contributed by atoms with van der Waals surface area (Å²) >= 11 is 0. The SMILES string of the molecule is CC(C)N1CCC(O[C@H]2CCCC(F)(F)[C@@H]2NC(=O)Cc2ccnc(-c3ccc(N)c(C=N)c3)c2C(F)(F)F)CC1. The van der Waals surface area contributed by atoms with Crippen LogP contribution >= 0.6 is 0 Å². The van der Waals surface area contributed by atoms with Crippen LogP contribution in [0.3, 0.4) is 0 Å². The highest BCUT2D eigenvalue weighted by Gasteiger charge is 2.49. The smallest absolute Gasteiger partial charge is 0.398 e. The molecule has 1 amide bonds. The van der Waals surface area contributed by atoms with Crippen LogP contribution in [0.25, 0.3) is 11.3 Å². The Balaban J connectivity index is 1.55. The average Bonchev–Trinajstić information content (AvgIpc) is 2.90. The van der Waals surface area contributed by atoms with Crippen molar-refractivity contribution in [2.24, 2.45) is 0 Å². The van der Waals surface area contributed by atoms with Crippen LogP contribution in [-0.2, 0) is 22.1 Å². The number of ether oxygens (including phenoxy) is 1. The number of nitrogens with one attached hydrogen (secondary N) is 2. The van der Waals surface area contributed by atoms with Crippen LogP contribution in [0.15, 0.2) is 30.5 Å². The molecule has 41 heavy (non-hydrogen) atoms. The van der Waals surface area contributed by atoms with E-state index in [9.17, 15) is 18.0 Å². The second-order valence-corrected chi connectivity index (χ2v) is 11.1. The Morgan fingerprint density at radius 2 is 1.95 bits per heavy atom. The first-order valence-electron chi connectivity index (χ1n) is 13.8. The van der Waals surface area contributed by atoms with Crippen molar-refractivity contribution < 1.29 is 31.5 Å². The topological polar surface area (TPSA) is 104 Å². The van der Waals surface area contributed by atoms with Gasteiger partial charge in [-0.1, -0.05) is 6.07 Å². The maximum Gasteiger partial charge on any atom is 0.418 e. The number of pyridine rings is 1. The molecule has 0 unspecified atom stereocenters. The summed E-state index contributed by atoms with van der Waals surface area (Å²) in [5.74, 6) is -4.22. The fourth-order valence-electron chi connectivity index (χ4n) is 5.68. The lowest BCUT2D eigenvalue weighted by Crippen LogP contribution is -2.58. The molecule has 12 heteroatoms. The highest BCUT2D eigenvalue weighted by Crippen LogP contribution is 2.40. The van der Waals surface area contributed by atoms with E-state index in [0.29, 0.717) is 25.3 Å². The van der Waals surface area contributed by atoms with E-state index in [1.807, 2.05) is 0 Å². The normalized spacial score (nSPS) is 22.0. The Kier molecular flexibility index (Phi) is 9.32. The van der Waals surface area contributed by atoms with Gasteiger partial charge >= 0.3 is 6.18 Å². The summed E-state index contributed by atoms with van der Waals surface area (Å²) in [5.41, 5.74) is 4.27. The van der Waals surface area contributed by atoms with Crippen LogP contribution < -0.4 is 11.1 Å². The number of amides is 1. The largest absolute Gasteiger partial charge is 0.418 e. The van der Waals surface area contributed by atoms with Gasteiger partial charge in [0.25, 0.3) is 5.92 Å². The van der Waals surface area contributed by atoms with E-state index < -0.39 is 59.8 Å². The van der Waals surface area contributed by atoms with Crippen LogP contribution in [0.5, 0.6) is 0 Å². The molecule has 7 nitrogen and oxygen atoms in total. The number of alkyl halides is 5. The summed E-state index contributed by atoms with van der Waals surface area (Å²) in [4.78, 5) is 19.2. The summed E-state index contributed by atoms with van der Waals surface area (Å²) in [6.07, 6.45) is -3.32. The minimum Gasteiger partial charge on any atom is -0.398 e. The van der Waals surface area contributed by atoms with E-state index >= 15 is 8.78 Å². The maximum absolute atomic E-state index is 15.1. The van der Waals surface area contributed by atoms with Crippen molar-refractivity contribution >= 4 is 17.8 Å². The minimum atomic E-state index is -4.89. The van der Waals surface area contributed by atoms with Gasteiger partial charge < -0.3 is 26.1 Å². The molecule has 2 aromatic rings. The molecular weight excluding hydrogens is 545 g/mol. The van der Waals surface area contributed by atoms with Crippen LogP contribution in [0.1, 0.15) is 62.6 Å². The zero-order valence-corrected chi connectivity index (χ0v) is 23.1. The third kappa shape index (κ3) is 7.21. The molecule has 0 spiro atoms. The number of nitrogen functional groups attached to an aromatic ring is 1. The summed E-state index contributed by atoms with van der Waals surface area (Å²) in [5, 5.41) is 9.79. The number of benzene rings is 1. The van der Waals surface area contributed by atoms with Crippen molar-refractivity contribution in [2.75, 3.05) is 18.8 Å². The number of likely N-dealkylation sites (tertiary alicyclic amines) is 1. The first-order chi connectivity index (χ1) is 19.3. The summed E-state index contributed by atoms with van der Waals surface area (Å²) < 4.78 is 79.2. The molecule has 1 aromatic heterocycles. The number of rotatable bonds is 8. The number of halogens is 5. The molecular formula is C29H36F5N5O2. The number of nitrogens with zero attached hydrogens (tertiary/aromatic N) is 2. The Bertz CT molecular complexity index is 1240. The number of hydrogen-bond acceptors (Lipinski definition) is 6. The van der Waals surface area contributed by atoms with Gasteiger partial charge in [-0.15, -0.1) is 0 Å². The van der Waals surface area contributed by atoms with Crippen LogP contribution in [0, 0.1) is 5.41 Å². The lowest BCUT2D eigenvalue weighted by molar-refractivity contribution is -0.157. The third-order valence-corrected chi connectivity index (χ3v) is 7.90. The standard InChI is InChI=1S/C29H36F5N5O2/c1-17(2)39-12-8-21(9-13-39)41-23-4-3-10-28(30,31)27(23)38-24(40)15-18-7-11-37-26(25(18)29(32,33)34)19-5-6-22(36)20(14-19)16-35/h5-7,11,14,16-17,21,23,27,35H,3-4,8-10,12-13,15,36H2,1-2H3,(H,38,40)/t23-,27+/m0/s1. The molecule has 1 aliphatic heterocycles. The first-order valence-corrected chi connectivity index (χ1v) is 13.8. The fourth-order valence-corrected chi connectivity index (χ4v) is 5.68. The molecule has 1 aliphatic carbocycles. The maximum atomic E-state index is 15.1. The number of anilines is 1. The van der Waals surface area contributed by atoms with E-state index in [1.165, 1.54) is 18.2 Å². The molecule has 4 N–H and O–H groups in total. The second kappa shape index (κ2) is 12.4. The zero-order valence-electron chi connectivity index (χ0n) is 23.1. The van der Waals surface area contributed by atoms with Crippen molar-refractivity contribution in [2.45, 2.75) is 88.8 Å². The highest BCUT2D eigenvalue weighted by molar-refractivity contribution is 5.88. The number of piperidine rings is 1. The quantitative estimate of drug-likeness (QED) is 0.219. The Labute approximate surface area is 236 Å². The molecule has 4 rings (SSSR count). The van der Waals surface area contributed by atoms with Crippen LogP contribution in [0.4, 0.5) is 27.6 Å². The molecule has 2 heterocycles. The van der Waals surface area contributed by atoms with E-state index in [1.54, 1.807) is 0 Å². The molecule has 1 aromatic carbocycles. The summed E-state index contributed by atoms with van der Waals surface area (Å²) in [7, 11) is 0. The second-order valence-electron chi connectivity index (χ2n) is 11.1. The van der Waals surface area contributed by atoms with E-state index in [-0.39, 0.29) is 29.3 Å². The van der Waals surface area contributed by atoms with E-state index in [4.69, 9.17) is 15.9 Å². The molecule has 1 saturated carbocycles. The van der Waals surface area contributed by atoms with Gasteiger partial charge in [0.1, 0.15) is 6.04 Å². The van der Waals surface area contributed by atoms with Gasteiger partial charge in [-0.2, -0.15) is 13.2 Å². The predicted octanol–water partition coefficient (Wildman–Crippen LogP) is 5.45. The lowest BCUT2D eigenvalue weighted by Gasteiger charge is -2.42. The van der Waals surface area contributed by atoms with Gasteiger partial charge in [0.2, 0.25) is 5.91 Å². The van der Waals surface area contributed by atoms with Crippen LogP contribution in [-0.4, -0.2) is 65.3 Å². The zero-order chi connectivity index (χ0) is 29.9. The van der Waals surface area contributed by atoms with Gasteiger partial charge in [0, 0.05) is 54.8 Å². The first kappa shape index (κ1) is 30.8. The van der Waals surface area contributed by atoms with Crippen molar-refractivity contribution in [3.8, 4) is 11.3 Å². The predicted molar refractivity (Wildman–Crippen MR) is 146 cm³/mol. The minimum absolute atomic E-state index is 0.0584. The van der Waals surface area contributed by atoms with Crippen molar-refractivity contribution in [3.63, 3.8) is 0 Å². The fraction of sp³-hybridized carbons (Fsp3) is 0.552. The summed E-state index contributed by atoms with van der Waals surface area (Å²) in [6, 6.07) is 3.82. The third-order valence-electron chi connectivity index (χ3n) is 7.90. The number of hydrogen-bond donors (Lipinski definition) is 3. The van der Waals surface area contributed by atoms with Gasteiger partial charge in [-0.25, -0.2) is 8.78 Å². The van der Waals surface area contributed by atoms with Crippen molar-refractivity contribution in [1.29, 1.82) is 5.41 Å². The molecule has 2 aliphatic rings. The van der Waals surface area contributed by atoms with Gasteiger partial charge in [-0.3, -0.25) is 9.78 Å². The molecule has 1 saturated heterocycles. The van der Waals surface area contributed by atoms with Gasteiger partial charge in [-0.05, 0) is 63.3 Å². The highest BCUT2D eigenvalue weighted by atomic mass is 19.4. The van der Waals surface area contributed by atoms with E-state index in [2.05, 4.69) is 29.0 Å². The molecule has 2 fully saturated rings. The van der Waals surface area contributed by atoms with E-state index in [0.717, 1.165) is 31.6 Å². The summed E-state index contributed by atoms with van der Waals surface area (Å²) in [6.45, 7) is 5.74. The monoisotopic (exact) mass is 581 g/mol. The Morgan fingerprint density at radius 3 is 2.59 bits per heavy atom. The molecule has 224 valence electrons.